The van der Waals surface area contributed by atoms with Crippen molar-refractivity contribution in [1.82, 2.24) is 9.13 Å². The summed E-state index contributed by atoms with van der Waals surface area (Å²) in [5.74, 6) is 0. The molecule has 0 bridgehead atoms. The molecule has 0 radical (unpaired) electrons. The molecule has 2 aliphatic rings. The molecule has 2 aromatic heterocycles. The van der Waals surface area contributed by atoms with Crippen LogP contribution in [0.3, 0.4) is 0 Å². The summed E-state index contributed by atoms with van der Waals surface area (Å²) in [6.07, 6.45) is 9.43. The first kappa shape index (κ1) is 33.2. The molecule has 0 saturated carbocycles. The second kappa shape index (κ2) is 13.0. The minimum atomic E-state index is -2.07. The van der Waals surface area contributed by atoms with Gasteiger partial charge in [0.2, 0.25) is 0 Å². The van der Waals surface area contributed by atoms with Gasteiger partial charge >= 0.3 is 0 Å². The molecular weight excluding hydrogens is 723 g/mol. The molecule has 3 heterocycles. The Morgan fingerprint density at radius 3 is 1.26 bits per heavy atom. The van der Waals surface area contributed by atoms with Gasteiger partial charge in [0.05, 0.1) is 33.4 Å². The second-order valence-corrected chi connectivity index (χ2v) is 18.3. The van der Waals surface area contributed by atoms with Crippen LogP contribution in [0, 0.1) is 0 Å². The van der Waals surface area contributed by atoms with Crippen molar-refractivity contribution < 1.29 is 0 Å². The van der Waals surface area contributed by atoms with E-state index >= 15 is 0 Å². The van der Waals surface area contributed by atoms with E-state index in [1.807, 2.05) is 0 Å². The van der Waals surface area contributed by atoms with E-state index in [1.165, 1.54) is 86.0 Å². The maximum atomic E-state index is 2.54. The molecule has 0 fully saturated rings. The highest BCUT2D eigenvalue weighted by atomic mass is 32.3. The van der Waals surface area contributed by atoms with Gasteiger partial charge in [-0.2, -0.15) is 0 Å². The van der Waals surface area contributed by atoms with Gasteiger partial charge in [-0.15, -0.1) is 10.0 Å². The van der Waals surface area contributed by atoms with Crippen LogP contribution < -0.4 is 4.90 Å². The predicted octanol–water partition coefficient (Wildman–Crippen LogP) is 15.2. The van der Waals surface area contributed by atoms with Gasteiger partial charge in [0.25, 0.3) is 0 Å². The van der Waals surface area contributed by atoms with Crippen molar-refractivity contribution in [2.75, 3.05) is 4.90 Å². The number of hydrogen-bond donors (Lipinski definition) is 0. The molecule has 58 heavy (non-hydrogen) atoms. The van der Waals surface area contributed by atoms with Crippen LogP contribution in [-0.2, 0) is 0 Å². The fourth-order valence-corrected chi connectivity index (χ4v) is 14.0. The Morgan fingerprint density at radius 1 is 0.379 bits per heavy atom. The molecule has 10 aromatic rings. The van der Waals surface area contributed by atoms with Gasteiger partial charge in [0, 0.05) is 53.3 Å². The number of rotatable bonds is 5. The number of anilines is 3. The molecule has 0 N–H and O–H groups in total. The predicted molar refractivity (Wildman–Crippen MR) is 245 cm³/mol. The Hall–Kier alpha value is -7.01. The monoisotopic (exact) mass is 761 g/mol. The molecule has 1 aliphatic heterocycles. The Bertz CT molecular complexity index is 3020. The standard InChI is InChI=1S/C54H39N3S/c1-4-18-38(19-5-1)55-51-34-32-39(56-47-28-14-10-24-43(47)44-25-11-15-29-48(44)56)36-53(51)58(41-20-6-2-7-21-41,42-22-8-3-9-23-42)54-37-40(33-35-52(54)55)57-49-30-16-12-26-45(49)46-27-13-17-31-50(46)57/h1-2,4-8,10-37H,3,9H2. The number of nitrogens with zero attached hydrogens (tertiary/aromatic N) is 3. The number of aromatic nitrogens is 2. The molecule has 8 aromatic carbocycles. The molecule has 4 heteroatoms. The van der Waals surface area contributed by atoms with E-state index in [9.17, 15) is 0 Å². The van der Waals surface area contributed by atoms with E-state index in [4.69, 9.17) is 0 Å². The normalized spacial score (nSPS) is 15.1. The fraction of sp³-hybridized carbons (Fsp3) is 0.0370. The van der Waals surface area contributed by atoms with Crippen LogP contribution in [0.4, 0.5) is 17.1 Å². The van der Waals surface area contributed by atoms with Gasteiger partial charge in [0.1, 0.15) is 0 Å². The number of fused-ring (bicyclic) bond motifs is 8. The van der Waals surface area contributed by atoms with Crippen molar-refractivity contribution in [2.24, 2.45) is 0 Å². The van der Waals surface area contributed by atoms with Crippen molar-refractivity contribution in [3.8, 4) is 11.4 Å². The summed E-state index contributed by atoms with van der Waals surface area (Å²) in [7, 11) is -2.07. The van der Waals surface area contributed by atoms with Crippen LogP contribution in [-0.4, -0.2) is 9.13 Å². The van der Waals surface area contributed by atoms with Crippen LogP contribution >= 0.6 is 10.0 Å². The number of hydrogen-bond acceptors (Lipinski definition) is 1. The number of allylic oxidation sites excluding steroid dienone is 3. The first-order valence-corrected chi connectivity index (χ1v) is 21.8. The highest BCUT2D eigenvalue weighted by molar-refractivity contribution is 8.37. The molecule has 1 aliphatic carbocycles. The lowest BCUT2D eigenvalue weighted by Gasteiger charge is -2.51. The smallest absolute Gasteiger partial charge is 0.0594 e. The SMILES string of the molecule is C1=CC(S2(c3ccccc3)c3cc(-n4c5ccccc5c5ccccc54)ccc3N(c3ccccc3)c3ccc(-n4c5ccccc5c5ccccc54)cc32)=CCC1. The van der Waals surface area contributed by atoms with Crippen LogP contribution in [0.1, 0.15) is 12.8 Å². The van der Waals surface area contributed by atoms with Crippen LogP contribution in [0.5, 0.6) is 0 Å². The lowest BCUT2D eigenvalue weighted by Crippen LogP contribution is -2.23. The summed E-state index contributed by atoms with van der Waals surface area (Å²) < 4.78 is 4.95. The van der Waals surface area contributed by atoms with Gasteiger partial charge in [-0.1, -0.05) is 127 Å². The molecule has 0 spiro atoms. The third-order valence-electron chi connectivity index (χ3n) is 12.1. The van der Waals surface area contributed by atoms with Crippen molar-refractivity contribution in [3.63, 3.8) is 0 Å². The van der Waals surface area contributed by atoms with E-state index in [-0.39, 0.29) is 0 Å². The Kier molecular flexibility index (Phi) is 7.44. The molecule has 0 saturated heterocycles. The first-order valence-electron chi connectivity index (χ1n) is 20.2. The first-order chi connectivity index (χ1) is 28.8. The van der Waals surface area contributed by atoms with Gasteiger partial charge in [-0.25, -0.2) is 0 Å². The van der Waals surface area contributed by atoms with E-state index in [0.717, 1.165) is 18.5 Å². The highest BCUT2D eigenvalue weighted by Gasteiger charge is 2.44. The van der Waals surface area contributed by atoms with Crippen molar-refractivity contribution in [1.29, 1.82) is 0 Å². The zero-order valence-corrected chi connectivity index (χ0v) is 32.7. The zero-order valence-electron chi connectivity index (χ0n) is 31.9. The zero-order chi connectivity index (χ0) is 38.2. The van der Waals surface area contributed by atoms with Crippen LogP contribution in [0.25, 0.3) is 55.0 Å². The summed E-state index contributed by atoms with van der Waals surface area (Å²) in [5.41, 5.74) is 10.8. The van der Waals surface area contributed by atoms with Gasteiger partial charge in [-0.05, 0) is 103 Å². The average Bonchev–Trinajstić information content (AvgIpc) is 3.82. The summed E-state index contributed by atoms with van der Waals surface area (Å²) >= 11 is 0. The minimum Gasteiger partial charge on any atom is -0.309 e. The van der Waals surface area contributed by atoms with E-state index in [1.54, 1.807) is 0 Å². The van der Waals surface area contributed by atoms with E-state index < -0.39 is 10.0 Å². The molecule has 12 rings (SSSR count). The average molecular weight is 762 g/mol. The molecule has 0 unspecified atom stereocenters. The van der Waals surface area contributed by atoms with Crippen molar-refractivity contribution in [2.45, 2.75) is 27.5 Å². The third-order valence-corrected chi connectivity index (χ3v) is 16.1. The Morgan fingerprint density at radius 2 is 0.810 bits per heavy atom. The third kappa shape index (κ3) is 4.70. The summed E-state index contributed by atoms with van der Waals surface area (Å²) in [6.45, 7) is 0. The quantitative estimate of drug-likeness (QED) is 0.170. The lowest BCUT2D eigenvalue weighted by atomic mass is 10.1. The molecule has 276 valence electrons. The molecule has 0 amide bonds. The second-order valence-electron chi connectivity index (χ2n) is 15.2. The van der Waals surface area contributed by atoms with Crippen molar-refractivity contribution in [3.05, 3.63) is 217 Å². The number of para-hydroxylation sites is 5. The van der Waals surface area contributed by atoms with Gasteiger partial charge < -0.3 is 14.0 Å². The molecule has 0 atom stereocenters. The van der Waals surface area contributed by atoms with Gasteiger partial charge in [-0.3, -0.25) is 0 Å². The Balaban J connectivity index is 1.24. The number of benzene rings is 8. The van der Waals surface area contributed by atoms with E-state index in [2.05, 4.69) is 226 Å². The van der Waals surface area contributed by atoms with Crippen LogP contribution in [0.15, 0.2) is 232 Å². The summed E-state index contributed by atoms with van der Waals surface area (Å²) in [4.78, 5) is 7.91. The topological polar surface area (TPSA) is 13.1 Å². The lowest BCUT2D eigenvalue weighted by molar-refractivity contribution is 1.03. The summed E-state index contributed by atoms with van der Waals surface area (Å²) in [5, 5.41) is 5.06. The fourth-order valence-electron chi connectivity index (χ4n) is 9.73. The van der Waals surface area contributed by atoms with Gasteiger partial charge in [0.15, 0.2) is 0 Å². The Labute approximate surface area is 339 Å². The maximum Gasteiger partial charge on any atom is 0.0594 e. The maximum absolute atomic E-state index is 2.54. The minimum absolute atomic E-state index is 1.01. The highest BCUT2D eigenvalue weighted by Crippen LogP contribution is 2.80. The van der Waals surface area contributed by atoms with Crippen molar-refractivity contribution >= 4 is 70.7 Å². The molecule has 3 nitrogen and oxygen atoms in total. The van der Waals surface area contributed by atoms with Crippen LogP contribution in [0.2, 0.25) is 0 Å². The largest absolute Gasteiger partial charge is 0.309 e. The van der Waals surface area contributed by atoms with E-state index in [0.29, 0.717) is 0 Å². The summed E-state index contributed by atoms with van der Waals surface area (Å²) in [6, 6.07) is 72.2. The molecular formula is C54H39N3S.